The number of benzene rings is 2. The number of hydrogen-bond acceptors (Lipinski definition) is 5. The Hall–Kier alpha value is -3.39. The fourth-order valence-electron chi connectivity index (χ4n) is 3.85. The van der Waals surface area contributed by atoms with Crippen LogP contribution in [0.4, 0.5) is 4.79 Å². The third-order valence-electron chi connectivity index (χ3n) is 5.42. The maximum absolute atomic E-state index is 13.6. The van der Waals surface area contributed by atoms with Gasteiger partial charge in [0.1, 0.15) is 12.2 Å². The summed E-state index contributed by atoms with van der Waals surface area (Å²) in [6, 6.07) is 20.4. The van der Waals surface area contributed by atoms with Crippen molar-refractivity contribution in [3.05, 3.63) is 71.8 Å². The molecule has 0 bridgehead atoms. The number of nitriles is 2. The Kier molecular flexibility index (Phi) is 7.03. The number of rotatable bonds is 6. The largest absolute Gasteiger partial charge is 0.388 e. The fraction of sp³-hybridized carbons (Fsp3) is 0.348. The monoisotopic (exact) mass is 404 g/mol. The molecule has 0 aliphatic carbocycles. The van der Waals surface area contributed by atoms with Gasteiger partial charge in [0.15, 0.2) is 0 Å². The molecule has 1 aliphatic rings. The van der Waals surface area contributed by atoms with Crippen LogP contribution in [0.1, 0.15) is 24.0 Å². The van der Waals surface area contributed by atoms with Crippen LogP contribution in [0.5, 0.6) is 0 Å². The molecule has 2 amide bonds. The second-order valence-corrected chi connectivity index (χ2v) is 7.35. The van der Waals surface area contributed by atoms with Crippen molar-refractivity contribution in [1.82, 2.24) is 9.80 Å². The minimum Gasteiger partial charge on any atom is -0.388 e. The van der Waals surface area contributed by atoms with Crippen molar-refractivity contribution >= 4 is 6.03 Å². The Morgan fingerprint density at radius 2 is 1.10 bits per heavy atom. The summed E-state index contributed by atoms with van der Waals surface area (Å²) in [5, 5.41) is 40.3. The van der Waals surface area contributed by atoms with E-state index in [-0.39, 0.29) is 25.9 Å². The Labute approximate surface area is 176 Å². The normalized spacial score (nSPS) is 24.1. The van der Waals surface area contributed by atoms with Gasteiger partial charge in [0.2, 0.25) is 0 Å². The molecule has 154 valence electrons. The Morgan fingerprint density at radius 3 is 1.43 bits per heavy atom. The van der Waals surface area contributed by atoms with Crippen LogP contribution in [-0.2, 0) is 13.1 Å². The van der Waals surface area contributed by atoms with Crippen LogP contribution in [0.2, 0.25) is 0 Å². The van der Waals surface area contributed by atoms with Crippen LogP contribution in [0, 0.1) is 22.7 Å². The van der Waals surface area contributed by atoms with Gasteiger partial charge in [-0.3, -0.25) is 0 Å². The summed E-state index contributed by atoms with van der Waals surface area (Å²) in [5.74, 6) is 0. The molecule has 30 heavy (non-hydrogen) atoms. The van der Waals surface area contributed by atoms with E-state index in [0.717, 1.165) is 11.1 Å². The number of aliphatic hydroxyl groups is 2. The lowest BCUT2D eigenvalue weighted by Crippen LogP contribution is -2.49. The standard InChI is InChI=1S/C23H24N4O3/c24-13-11-19-21(28)22(29)20(12-14-25)27(16-18-9-5-2-6-10-18)23(30)26(19)15-17-7-3-1-4-8-17/h1-10,19-22,28-29H,11-12,15-16H2/t19-,20-,21+,22+/m1/s1. The lowest BCUT2D eigenvalue weighted by Gasteiger charge is -2.34. The number of aliphatic hydroxyl groups excluding tert-OH is 2. The molecule has 1 aliphatic heterocycles. The van der Waals surface area contributed by atoms with E-state index in [1.165, 1.54) is 9.80 Å². The number of urea groups is 1. The lowest BCUT2D eigenvalue weighted by molar-refractivity contribution is -0.0391. The molecular weight excluding hydrogens is 380 g/mol. The van der Waals surface area contributed by atoms with Gasteiger partial charge in [0.05, 0.1) is 37.1 Å². The predicted molar refractivity (Wildman–Crippen MR) is 109 cm³/mol. The molecule has 3 rings (SSSR count). The molecule has 2 N–H and O–H groups in total. The zero-order chi connectivity index (χ0) is 21.5. The van der Waals surface area contributed by atoms with Crippen LogP contribution in [-0.4, -0.2) is 50.3 Å². The van der Waals surface area contributed by atoms with Gasteiger partial charge in [0.25, 0.3) is 0 Å². The molecule has 1 fully saturated rings. The zero-order valence-corrected chi connectivity index (χ0v) is 16.5. The molecule has 0 saturated carbocycles. The number of carbonyl (C=O) groups is 1. The molecular formula is C23H24N4O3. The quantitative estimate of drug-likeness (QED) is 0.768. The molecule has 0 unspecified atom stereocenters. The van der Waals surface area contributed by atoms with E-state index in [0.29, 0.717) is 0 Å². The van der Waals surface area contributed by atoms with Crippen molar-refractivity contribution < 1.29 is 15.0 Å². The summed E-state index contributed by atoms with van der Waals surface area (Å²) >= 11 is 0. The molecule has 1 heterocycles. The van der Waals surface area contributed by atoms with Crippen LogP contribution in [0.3, 0.4) is 0 Å². The predicted octanol–water partition coefficient (Wildman–Crippen LogP) is 2.41. The summed E-state index contributed by atoms with van der Waals surface area (Å²) in [4.78, 5) is 16.5. The van der Waals surface area contributed by atoms with Crippen molar-refractivity contribution in [2.45, 2.75) is 50.2 Å². The van der Waals surface area contributed by atoms with E-state index in [9.17, 15) is 25.5 Å². The zero-order valence-electron chi connectivity index (χ0n) is 16.5. The molecule has 7 nitrogen and oxygen atoms in total. The van der Waals surface area contributed by atoms with E-state index in [1.54, 1.807) is 0 Å². The summed E-state index contributed by atoms with van der Waals surface area (Å²) in [7, 11) is 0. The first-order valence-electron chi connectivity index (χ1n) is 9.82. The average Bonchev–Trinajstić information content (AvgIpc) is 2.83. The van der Waals surface area contributed by atoms with Gasteiger partial charge in [-0.15, -0.1) is 0 Å². The van der Waals surface area contributed by atoms with E-state index in [1.807, 2.05) is 72.8 Å². The van der Waals surface area contributed by atoms with Crippen LogP contribution >= 0.6 is 0 Å². The fourth-order valence-corrected chi connectivity index (χ4v) is 3.85. The smallest absolute Gasteiger partial charge is 0.321 e. The first kappa shape index (κ1) is 21.3. The molecule has 1 saturated heterocycles. The summed E-state index contributed by atoms with van der Waals surface area (Å²) in [6.45, 7) is 0.362. The maximum Gasteiger partial charge on any atom is 0.321 e. The molecule has 7 heteroatoms. The van der Waals surface area contributed by atoms with E-state index < -0.39 is 30.3 Å². The Morgan fingerprint density at radius 1 is 0.733 bits per heavy atom. The van der Waals surface area contributed by atoms with Crippen molar-refractivity contribution in [2.24, 2.45) is 0 Å². The van der Waals surface area contributed by atoms with Crippen molar-refractivity contribution in [1.29, 1.82) is 10.5 Å². The average molecular weight is 404 g/mol. The van der Waals surface area contributed by atoms with E-state index in [4.69, 9.17) is 0 Å². The third kappa shape index (κ3) is 4.60. The van der Waals surface area contributed by atoms with Gasteiger partial charge in [0, 0.05) is 13.1 Å². The van der Waals surface area contributed by atoms with Crippen molar-refractivity contribution in [2.75, 3.05) is 0 Å². The van der Waals surface area contributed by atoms with Gasteiger partial charge in [-0.05, 0) is 11.1 Å². The Bertz CT molecular complexity index is 847. The van der Waals surface area contributed by atoms with Crippen LogP contribution < -0.4 is 0 Å². The molecule has 0 radical (unpaired) electrons. The van der Waals surface area contributed by atoms with Gasteiger partial charge < -0.3 is 20.0 Å². The maximum atomic E-state index is 13.6. The third-order valence-corrected chi connectivity index (χ3v) is 5.42. The van der Waals surface area contributed by atoms with Gasteiger partial charge in [-0.2, -0.15) is 10.5 Å². The van der Waals surface area contributed by atoms with Crippen LogP contribution in [0.25, 0.3) is 0 Å². The van der Waals surface area contributed by atoms with Gasteiger partial charge in [-0.25, -0.2) is 4.79 Å². The van der Waals surface area contributed by atoms with Crippen LogP contribution in [0.15, 0.2) is 60.7 Å². The van der Waals surface area contributed by atoms with Crippen molar-refractivity contribution in [3.8, 4) is 12.1 Å². The first-order chi connectivity index (χ1) is 14.6. The Balaban J connectivity index is 2.03. The molecule has 2 aromatic rings. The number of amides is 2. The second-order valence-electron chi connectivity index (χ2n) is 7.35. The number of carbonyl (C=O) groups excluding carboxylic acids is 1. The minimum atomic E-state index is -1.35. The molecule has 4 atom stereocenters. The topological polar surface area (TPSA) is 112 Å². The molecule has 0 spiro atoms. The minimum absolute atomic E-state index is 0.130. The van der Waals surface area contributed by atoms with Gasteiger partial charge >= 0.3 is 6.03 Å². The van der Waals surface area contributed by atoms with Crippen molar-refractivity contribution in [3.63, 3.8) is 0 Å². The lowest BCUT2D eigenvalue weighted by atomic mass is 9.95. The first-order valence-corrected chi connectivity index (χ1v) is 9.82. The van der Waals surface area contributed by atoms with E-state index >= 15 is 0 Å². The SMILES string of the molecule is N#CC[C@@H]1[C@H](O)[C@@H](O)[C@@H](CC#N)N(Cc2ccccc2)C(=O)N1Cc1ccccc1. The highest BCUT2D eigenvalue weighted by Crippen LogP contribution is 2.28. The molecule has 2 aromatic carbocycles. The number of hydrogen-bond donors (Lipinski definition) is 2. The molecule has 0 aromatic heterocycles. The second kappa shape index (κ2) is 9.89. The van der Waals surface area contributed by atoms with E-state index in [2.05, 4.69) is 0 Å². The van der Waals surface area contributed by atoms with Gasteiger partial charge in [-0.1, -0.05) is 60.7 Å². The summed E-state index contributed by atoms with van der Waals surface area (Å²) < 4.78 is 0. The highest BCUT2D eigenvalue weighted by molar-refractivity contribution is 5.76. The summed E-state index contributed by atoms with van der Waals surface area (Å²) in [6.07, 6.45) is -2.96. The number of nitrogens with zero attached hydrogens (tertiary/aromatic N) is 4. The highest BCUT2D eigenvalue weighted by Gasteiger charge is 2.46. The summed E-state index contributed by atoms with van der Waals surface area (Å²) in [5.41, 5.74) is 1.68. The highest BCUT2D eigenvalue weighted by atomic mass is 16.3.